The Morgan fingerprint density at radius 2 is 1.71 bits per heavy atom. The number of amides is 1. The zero-order valence-corrected chi connectivity index (χ0v) is 22.0. The average molecular weight is 544 g/mol. The van der Waals surface area contributed by atoms with Crippen molar-refractivity contribution in [2.75, 3.05) is 5.32 Å². The van der Waals surface area contributed by atoms with Crippen molar-refractivity contribution < 1.29 is 14.3 Å². The van der Waals surface area contributed by atoms with E-state index in [1.54, 1.807) is 73.7 Å². The molecule has 3 aromatic carbocycles. The van der Waals surface area contributed by atoms with Crippen LogP contribution in [0.25, 0.3) is 6.08 Å². The summed E-state index contributed by atoms with van der Waals surface area (Å²) in [6.45, 7) is 3.08. The van der Waals surface area contributed by atoms with E-state index in [1.165, 1.54) is 22.8 Å². The molecule has 4 aromatic rings. The minimum absolute atomic E-state index is 0.316. The first-order valence-corrected chi connectivity index (χ1v) is 12.9. The van der Waals surface area contributed by atoms with E-state index in [0.29, 0.717) is 42.6 Å². The van der Waals surface area contributed by atoms with Crippen molar-refractivity contribution >= 4 is 46.6 Å². The summed E-state index contributed by atoms with van der Waals surface area (Å²) >= 11 is 7.35. The molecule has 0 spiro atoms. The molecule has 0 bridgehead atoms. The van der Waals surface area contributed by atoms with Crippen molar-refractivity contribution in [3.05, 3.63) is 126 Å². The summed E-state index contributed by atoms with van der Waals surface area (Å²) in [5.41, 5.74) is 2.47. The molecule has 1 amide bonds. The lowest BCUT2D eigenvalue weighted by atomic mass is 9.95. The van der Waals surface area contributed by atoms with E-state index in [4.69, 9.17) is 16.3 Å². The van der Waals surface area contributed by atoms with Gasteiger partial charge >= 0.3 is 5.97 Å². The fourth-order valence-corrected chi connectivity index (χ4v) is 5.44. The third-order valence-corrected chi connectivity index (χ3v) is 7.18. The first kappa shape index (κ1) is 25.4. The molecular formula is C29H22ClN3O4S. The van der Waals surface area contributed by atoms with Crippen molar-refractivity contribution in [3.63, 3.8) is 0 Å². The van der Waals surface area contributed by atoms with Crippen LogP contribution in [0, 0.1) is 0 Å². The number of allylic oxidation sites excluding steroid dienone is 1. The molecule has 0 saturated carbocycles. The summed E-state index contributed by atoms with van der Waals surface area (Å²) in [6.07, 6.45) is 1.67. The second-order valence-electron chi connectivity index (χ2n) is 8.58. The van der Waals surface area contributed by atoms with E-state index < -0.39 is 12.0 Å². The standard InChI is InChI=1S/C29H22ClN3O4S/c1-17-25(27(35)32-22-9-4-3-5-10-22)26(19-12-14-21(30)15-13-19)33-28(36)24(38-29(33)31-17)16-20-8-6-7-11-23(20)37-18(2)34/h3-16,26H,1-2H3,(H,32,35)/b24-16-/t26-/m1/s1. The van der Waals surface area contributed by atoms with E-state index in [-0.39, 0.29) is 11.5 Å². The predicted octanol–water partition coefficient (Wildman–Crippen LogP) is 4.45. The highest BCUT2D eigenvalue weighted by atomic mass is 35.5. The highest BCUT2D eigenvalue weighted by Gasteiger charge is 2.32. The van der Waals surface area contributed by atoms with Crippen LogP contribution in [0.4, 0.5) is 5.69 Å². The Morgan fingerprint density at radius 3 is 2.42 bits per heavy atom. The zero-order valence-electron chi connectivity index (χ0n) is 20.5. The number of esters is 1. The molecule has 9 heteroatoms. The van der Waals surface area contributed by atoms with E-state index in [1.807, 2.05) is 18.2 Å². The van der Waals surface area contributed by atoms with E-state index in [9.17, 15) is 14.4 Å². The number of anilines is 1. The van der Waals surface area contributed by atoms with Gasteiger partial charge in [0.15, 0.2) is 4.80 Å². The number of ether oxygens (including phenoxy) is 1. The summed E-state index contributed by atoms with van der Waals surface area (Å²) in [6, 6.07) is 22.4. The van der Waals surface area contributed by atoms with Crippen LogP contribution >= 0.6 is 22.9 Å². The Morgan fingerprint density at radius 1 is 1.03 bits per heavy atom. The van der Waals surface area contributed by atoms with Crippen LogP contribution in [-0.4, -0.2) is 16.4 Å². The maximum absolute atomic E-state index is 13.8. The van der Waals surface area contributed by atoms with Gasteiger partial charge in [0.2, 0.25) is 0 Å². The normalized spacial score (nSPS) is 15.0. The third-order valence-electron chi connectivity index (χ3n) is 5.94. The number of carbonyl (C=O) groups excluding carboxylic acids is 2. The number of benzene rings is 3. The lowest BCUT2D eigenvalue weighted by Gasteiger charge is -2.25. The van der Waals surface area contributed by atoms with Crippen molar-refractivity contribution in [1.29, 1.82) is 0 Å². The van der Waals surface area contributed by atoms with Crippen LogP contribution in [0.3, 0.4) is 0 Å². The third kappa shape index (κ3) is 5.09. The van der Waals surface area contributed by atoms with Crippen LogP contribution in [0.5, 0.6) is 5.75 Å². The number of halogens is 1. The fourth-order valence-electron chi connectivity index (χ4n) is 4.28. The number of rotatable bonds is 5. The van der Waals surface area contributed by atoms with E-state index in [0.717, 1.165) is 5.56 Å². The van der Waals surface area contributed by atoms with Crippen LogP contribution in [0.1, 0.15) is 31.0 Å². The molecule has 1 N–H and O–H groups in total. The van der Waals surface area contributed by atoms with Gasteiger partial charge in [-0.3, -0.25) is 19.0 Å². The minimum Gasteiger partial charge on any atom is -0.426 e. The molecule has 1 aliphatic rings. The maximum atomic E-state index is 13.8. The SMILES string of the molecule is CC(=O)Oc1ccccc1/C=c1\sc2n(c1=O)[C@H](c1ccc(Cl)cc1)C(C(=O)Nc1ccccc1)=C(C)N=2. The molecule has 1 aromatic heterocycles. The molecule has 7 nitrogen and oxygen atoms in total. The molecule has 2 heterocycles. The number of carbonyl (C=O) groups is 2. The van der Waals surface area contributed by atoms with Gasteiger partial charge in [-0.25, -0.2) is 4.99 Å². The quantitative estimate of drug-likeness (QED) is 0.297. The summed E-state index contributed by atoms with van der Waals surface area (Å²) in [4.78, 5) is 44.1. The number of aromatic nitrogens is 1. The van der Waals surface area contributed by atoms with Gasteiger partial charge in [-0.15, -0.1) is 0 Å². The van der Waals surface area contributed by atoms with Gasteiger partial charge in [-0.05, 0) is 48.9 Å². The largest absolute Gasteiger partial charge is 0.426 e. The molecular weight excluding hydrogens is 522 g/mol. The number of nitrogens with zero attached hydrogens (tertiary/aromatic N) is 2. The molecule has 0 unspecified atom stereocenters. The fraction of sp³-hybridized carbons (Fsp3) is 0.103. The minimum atomic E-state index is -0.724. The number of para-hydroxylation sites is 2. The summed E-state index contributed by atoms with van der Waals surface area (Å²) in [5, 5.41) is 3.47. The summed E-state index contributed by atoms with van der Waals surface area (Å²) < 4.78 is 7.23. The first-order valence-electron chi connectivity index (χ1n) is 11.7. The van der Waals surface area contributed by atoms with Gasteiger partial charge in [-0.2, -0.15) is 0 Å². The lowest BCUT2D eigenvalue weighted by Crippen LogP contribution is -2.40. The summed E-state index contributed by atoms with van der Waals surface area (Å²) in [7, 11) is 0. The van der Waals surface area contributed by atoms with E-state index in [2.05, 4.69) is 10.3 Å². The van der Waals surface area contributed by atoms with Crippen LogP contribution in [-0.2, 0) is 9.59 Å². The van der Waals surface area contributed by atoms with Crippen LogP contribution in [0.15, 0.2) is 99.9 Å². The first-order chi connectivity index (χ1) is 18.3. The van der Waals surface area contributed by atoms with Gasteiger partial charge in [-0.1, -0.05) is 71.5 Å². The van der Waals surface area contributed by atoms with Crippen LogP contribution < -0.4 is 24.9 Å². The molecule has 1 aliphatic heterocycles. The molecule has 5 rings (SSSR count). The Kier molecular flexibility index (Phi) is 7.09. The average Bonchev–Trinajstić information content (AvgIpc) is 3.19. The van der Waals surface area contributed by atoms with Gasteiger partial charge in [0.1, 0.15) is 5.75 Å². The van der Waals surface area contributed by atoms with Crippen molar-refractivity contribution in [2.24, 2.45) is 4.99 Å². The Bertz CT molecular complexity index is 1760. The number of thiazole rings is 1. The maximum Gasteiger partial charge on any atom is 0.308 e. The van der Waals surface area contributed by atoms with Crippen molar-refractivity contribution in [1.82, 2.24) is 4.57 Å². The number of hydrogen-bond acceptors (Lipinski definition) is 6. The van der Waals surface area contributed by atoms with Gasteiger partial charge in [0, 0.05) is 23.2 Å². The Balaban J connectivity index is 1.67. The molecule has 0 aliphatic carbocycles. The number of fused-ring (bicyclic) bond motifs is 1. The topological polar surface area (TPSA) is 89.8 Å². The lowest BCUT2D eigenvalue weighted by molar-refractivity contribution is -0.131. The Labute approximate surface area is 227 Å². The zero-order chi connectivity index (χ0) is 26.8. The molecule has 0 saturated heterocycles. The van der Waals surface area contributed by atoms with E-state index >= 15 is 0 Å². The van der Waals surface area contributed by atoms with Crippen molar-refractivity contribution in [3.8, 4) is 5.75 Å². The smallest absolute Gasteiger partial charge is 0.308 e. The van der Waals surface area contributed by atoms with Crippen molar-refractivity contribution in [2.45, 2.75) is 19.9 Å². The van der Waals surface area contributed by atoms with Gasteiger partial charge in [0.05, 0.1) is 21.8 Å². The highest BCUT2D eigenvalue weighted by molar-refractivity contribution is 7.07. The van der Waals surface area contributed by atoms with Gasteiger partial charge < -0.3 is 10.1 Å². The number of hydrogen-bond donors (Lipinski definition) is 1. The second-order valence-corrected chi connectivity index (χ2v) is 10.0. The van der Waals surface area contributed by atoms with Gasteiger partial charge in [0.25, 0.3) is 11.5 Å². The monoisotopic (exact) mass is 543 g/mol. The Hall–Kier alpha value is -4.27. The highest BCUT2D eigenvalue weighted by Crippen LogP contribution is 2.31. The second kappa shape index (κ2) is 10.6. The molecule has 190 valence electrons. The molecule has 0 radical (unpaired) electrons. The number of nitrogens with one attached hydrogen (secondary N) is 1. The summed E-state index contributed by atoms with van der Waals surface area (Å²) in [5.74, 6) is -0.467. The molecule has 1 atom stereocenters. The molecule has 0 fully saturated rings. The molecule has 38 heavy (non-hydrogen) atoms. The predicted molar refractivity (Wildman–Crippen MR) is 148 cm³/mol. The van der Waals surface area contributed by atoms with Crippen LogP contribution in [0.2, 0.25) is 5.02 Å².